The molecule has 1 saturated heterocycles. The Morgan fingerprint density at radius 3 is 2.67 bits per heavy atom. The van der Waals surface area contributed by atoms with Gasteiger partial charge in [-0.25, -0.2) is 0 Å². The fourth-order valence-electron chi connectivity index (χ4n) is 0.979. The average Bonchev–Trinajstić information content (AvgIpc) is 2.10. The molecule has 9 heavy (non-hydrogen) atoms. The van der Waals surface area contributed by atoms with Crippen LogP contribution in [-0.4, -0.2) is 30.0 Å². The van der Waals surface area contributed by atoms with Crippen LogP contribution in [0.5, 0.6) is 0 Å². The molecule has 0 aromatic heterocycles. The predicted molar refractivity (Wildman–Crippen MR) is 32.6 cm³/mol. The second kappa shape index (κ2) is 2.64. The summed E-state index contributed by atoms with van der Waals surface area (Å²) in [5.41, 5.74) is 5.51. The Hall–Kier alpha value is -0.120. The van der Waals surface area contributed by atoms with Crippen LogP contribution < -0.4 is 5.73 Å². The van der Waals surface area contributed by atoms with Crippen molar-refractivity contribution in [1.29, 1.82) is 0 Å². The summed E-state index contributed by atoms with van der Waals surface area (Å²) in [6, 6.07) is -0.0926. The van der Waals surface area contributed by atoms with Crippen molar-refractivity contribution in [3.8, 4) is 0 Å². The molecular formula is C6H11NO2. The molecule has 1 aliphatic heterocycles. The van der Waals surface area contributed by atoms with Crippen LogP contribution in [0, 0.1) is 6.92 Å². The molecule has 0 saturated carbocycles. The third-order valence-corrected chi connectivity index (χ3v) is 1.51. The van der Waals surface area contributed by atoms with Crippen molar-refractivity contribution in [1.82, 2.24) is 0 Å². The van der Waals surface area contributed by atoms with Crippen LogP contribution in [0.25, 0.3) is 0 Å². The third-order valence-electron chi connectivity index (χ3n) is 1.51. The first kappa shape index (κ1) is 6.99. The minimum absolute atomic E-state index is 0.0329. The van der Waals surface area contributed by atoms with Crippen molar-refractivity contribution >= 4 is 0 Å². The van der Waals surface area contributed by atoms with E-state index in [0.29, 0.717) is 6.42 Å². The summed E-state index contributed by atoms with van der Waals surface area (Å²) in [5, 5.41) is 8.59. The lowest BCUT2D eigenvalue weighted by molar-refractivity contribution is 0.0253. The van der Waals surface area contributed by atoms with Crippen LogP contribution in [-0.2, 0) is 4.74 Å². The van der Waals surface area contributed by atoms with E-state index in [-0.39, 0.29) is 24.9 Å². The van der Waals surface area contributed by atoms with E-state index in [1.165, 1.54) is 0 Å². The van der Waals surface area contributed by atoms with Crippen molar-refractivity contribution in [2.24, 2.45) is 5.73 Å². The highest BCUT2D eigenvalue weighted by Gasteiger charge is 2.29. The second-order valence-electron chi connectivity index (χ2n) is 2.30. The largest absolute Gasteiger partial charge is 0.394 e. The highest BCUT2D eigenvalue weighted by molar-refractivity contribution is 4.85. The monoisotopic (exact) mass is 129 g/mol. The molecule has 0 aromatic carbocycles. The molecular weight excluding hydrogens is 118 g/mol. The van der Waals surface area contributed by atoms with Gasteiger partial charge < -0.3 is 15.6 Å². The maximum atomic E-state index is 8.59. The van der Waals surface area contributed by atoms with Crippen molar-refractivity contribution in [3.05, 3.63) is 6.92 Å². The standard InChI is InChI=1S/C6H11NO2/c1-4-2-5(7)6(3-8)9-4/h1,4-6,8H,2-3,7H2/t4?,5-,6-/m1/s1. The van der Waals surface area contributed by atoms with Gasteiger partial charge in [0.05, 0.1) is 18.8 Å². The average molecular weight is 129 g/mol. The Bertz CT molecular complexity index is 97.1. The maximum absolute atomic E-state index is 8.59. The molecule has 1 fully saturated rings. The van der Waals surface area contributed by atoms with Gasteiger partial charge in [-0.15, -0.1) is 0 Å². The van der Waals surface area contributed by atoms with Gasteiger partial charge in [-0.2, -0.15) is 0 Å². The molecule has 1 unspecified atom stereocenters. The van der Waals surface area contributed by atoms with Crippen molar-refractivity contribution in [2.45, 2.75) is 24.7 Å². The SMILES string of the molecule is [CH]C1C[C@@H](N)[C@@H](CO)O1. The molecule has 2 radical (unpaired) electrons. The lowest BCUT2D eigenvalue weighted by atomic mass is 10.1. The van der Waals surface area contributed by atoms with E-state index < -0.39 is 0 Å². The van der Waals surface area contributed by atoms with E-state index in [9.17, 15) is 0 Å². The number of aliphatic hydroxyl groups excluding tert-OH is 1. The maximum Gasteiger partial charge on any atom is 0.0960 e. The van der Waals surface area contributed by atoms with E-state index in [0.717, 1.165) is 0 Å². The zero-order chi connectivity index (χ0) is 6.85. The van der Waals surface area contributed by atoms with Crippen LogP contribution in [0.1, 0.15) is 6.42 Å². The smallest absolute Gasteiger partial charge is 0.0960 e. The van der Waals surface area contributed by atoms with Gasteiger partial charge in [0, 0.05) is 6.04 Å². The number of aliphatic hydroxyl groups is 1. The first-order valence-corrected chi connectivity index (χ1v) is 3.01. The first-order chi connectivity index (χ1) is 4.24. The Morgan fingerprint density at radius 1 is 1.78 bits per heavy atom. The molecule has 3 nitrogen and oxygen atoms in total. The van der Waals surface area contributed by atoms with Gasteiger partial charge in [0.2, 0.25) is 0 Å². The summed E-state index contributed by atoms with van der Waals surface area (Å²) in [7, 11) is 0. The fraction of sp³-hybridized carbons (Fsp3) is 0.833. The van der Waals surface area contributed by atoms with Gasteiger partial charge in [0.1, 0.15) is 0 Å². The number of hydrogen-bond acceptors (Lipinski definition) is 3. The van der Waals surface area contributed by atoms with Crippen LogP contribution >= 0.6 is 0 Å². The highest BCUT2D eigenvalue weighted by Crippen LogP contribution is 2.16. The molecule has 0 aliphatic carbocycles. The number of rotatable bonds is 1. The highest BCUT2D eigenvalue weighted by atomic mass is 16.5. The quantitative estimate of drug-likeness (QED) is 0.486. The summed E-state index contributed by atoms with van der Waals surface area (Å²) in [6.45, 7) is 5.34. The summed E-state index contributed by atoms with van der Waals surface area (Å²) in [4.78, 5) is 0. The Morgan fingerprint density at radius 2 is 2.44 bits per heavy atom. The molecule has 0 aromatic rings. The molecule has 0 spiro atoms. The minimum atomic E-state index is -0.280. The van der Waals surface area contributed by atoms with Crippen LogP contribution in [0.3, 0.4) is 0 Å². The van der Waals surface area contributed by atoms with E-state index >= 15 is 0 Å². The third kappa shape index (κ3) is 1.41. The van der Waals surface area contributed by atoms with E-state index in [4.69, 9.17) is 22.5 Å². The van der Waals surface area contributed by atoms with Gasteiger partial charge in [-0.05, 0) is 13.3 Å². The molecule has 3 atom stereocenters. The molecule has 3 heteroatoms. The molecule has 0 bridgehead atoms. The zero-order valence-corrected chi connectivity index (χ0v) is 5.16. The minimum Gasteiger partial charge on any atom is -0.394 e. The van der Waals surface area contributed by atoms with Crippen molar-refractivity contribution in [2.75, 3.05) is 6.61 Å². The molecule has 52 valence electrons. The van der Waals surface area contributed by atoms with Crippen LogP contribution in [0.4, 0.5) is 0 Å². The van der Waals surface area contributed by atoms with Gasteiger partial charge in [0.25, 0.3) is 0 Å². The van der Waals surface area contributed by atoms with Crippen LogP contribution in [0.2, 0.25) is 0 Å². The Kier molecular flexibility index (Phi) is 2.05. The normalized spacial score (nSPS) is 43.7. The van der Waals surface area contributed by atoms with E-state index in [2.05, 4.69) is 0 Å². The van der Waals surface area contributed by atoms with Crippen LogP contribution in [0.15, 0.2) is 0 Å². The number of ether oxygens (including phenoxy) is 1. The fourth-order valence-corrected chi connectivity index (χ4v) is 0.979. The Balaban J connectivity index is 2.38. The molecule has 1 rings (SSSR count). The van der Waals surface area contributed by atoms with Gasteiger partial charge >= 0.3 is 0 Å². The summed E-state index contributed by atoms with van der Waals surface area (Å²) in [6.07, 6.45) is 0.114. The van der Waals surface area contributed by atoms with Gasteiger partial charge in [-0.3, -0.25) is 0 Å². The van der Waals surface area contributed by atoms with Gasteiger partial charge in [0.15, 0.2) is 0 Å². The zero-order valence-electron chi connectivity index (χ0n) is 5.16. The summed E-state index contributed by atoms with van der Waals surface area (Å²) in [5.74, 6) is 0. The predicted octanol–water partition coefficient (Wildman–Crippen LogP) is -0.825. The number of nitrogens with two attached hydrogens (primary N) is 1. The molecule has 1 aliphatic rings. The number of hydrogen-bond donors (Lipinski definition) is 2. The molecule has 3 N–H and O–H groups in total. The lowest BCUT2D eigenvalue weighted by Gasteiger charge is -2.09. The molecule has 0 amide bonds. The Labute approximate surface area is 54.8 Å². The summed E-state index contributed by atoms with van der Waals surface area (Å²) >= 11 is 0. The lowest BCUT2D eigenvalue weighted by Crippen LogP contribution is -2.32. The summed E-state index contributed by atoms with van der Waals surface area (Å²) < 4.78 is 5.03. The van der Waals surface area contributed by atoms with Gasteiger partial charge in [-0.1, -0.05) is 0 Å². The van der Waals surface area contributed by atoms with Crippen molar-refractivity contribution in [3.63, 3.8) is 0 Å². The first-order valence-electron chi connectivity index (χ1n) is 3.01. The van der Waals surface area contributed by atoms with E-state index in [1.54, 1.807) is 0 Å². The molecule has 1 heterocycles. The second-order valence-corrected chi connectivity index (χ2v) is 2.30. The topological polar surface area (TPSA) is 55.5 Å². The van der Waals surface area contributed by atoms with E-state index in [1.807, 2.05) is 0 Å². The van der Waals surface area contributed by atoms with Crippen molar-refractivity contribution < 1.29 is 9.84 Å².